The minimum Gasteiger partial charge on any atom is -0.479 e. The highest BCUT2D eigenvalue weighted by atomic mass is 16.7. The first-order chi connectivity index (χ1) is 38.6. The van der Waals surface area contributed by atoms with Gasteiger partial charge in [0.1, 0.15) is 18.8 Å². The summed E-state index contributed by atoms with van der Waals surface area (Å²) in [6, 6.07) is 0. The third-order valence-electron chi connectivity index (χ3n) is 13.0. The van der Waals surface area contributed by atoms with Crippen LogP contribution in [0.1, 0.15) is 226 Å². The fraction of sp³-hybridized carbons (Fsp3) is 0.642. The fourth-order valence-corrected chi connectivity index (χ4v) is 8.38. The molecule has 1 heterocycles. The standard InChI is InChI=1S/C67H106O12/c1-4-7-10-13-16-19-22-25-28-29-30-31-34-37-40-43-46-49-52-55-61(70)78-65-63(72)62(71)64(66(73)74)79-67(65)76-57-58(77-60(69)54-51-48-45-42-39-36-33-27-24-21-18-15-12-9-6-3)56-75-59(68)53-50-47-44-41-38-35-32-26-23-20-17-14-11-8-5-2/h8-9,11-12,16-21,25-28,32-33,38-39,41-42,58,62-65,67,71-72H,4-7,10,13-15,22-24,29-31,34-37,40,43-57H2,1-3H3,(H,73,74)/b11-8-,12-9-,19-16-,20-17-,21-18-,28-25-,32-26-,33-27-,41-38-,42-39-. The van der Waals surface area contributed by atoms with E-state index in [9.17, 15) is 34.5 Å². The number of ether oxygens (including phenoxy) is 5. The highest BCUT2D eigenvalue weighted by Gasteiger charge is 2.50. The Morgan fingerprint density at radius 1 is 0.430 bits per heavy atom. The largest absolute Gasteiger partial charge is 0.479 e. The molecule has 0 radical (unpaired) electrons. The van der Waals surface area contributed by atoms with Crippen LogP contribution in [0.3, 0.4) is 0 Å². The summed E-state index contributed by atoms with van der Waals surface area (Å²) >= 11 is 0. The molecular formula is C67H106O12. The SMILES string of the molecule is CC/C=C\C/C=C\C/C=C\C/C=C\CCCCC(=O)OCC(COC1OC(C(=O)O)C(O)C(O)C1OC(=O)CCCCCCCCCCC/C=C\C/C=C\CCCCC)OC(=O)CCCC/C=C\C/C=C\C/C=C\C/C=C\CC. The molecule has 79 heavy (non-hydrogen) atoms. The van der Waals surface area contributed by atoms with Gasteiger partial charge in [-0.05, 0) is 128 Å². The van der Waals surface area contributed by atoms with Crippen molar-refractivity contribution in [3.8, 4) is 0 Å². The summed E-state index contributed by atoms with van der Waals surface area (Å²) in [4.78, 5) is 51.2. The molecule has 1 aliphatic heterocycles. The van der Waals surface area contributed by atoms with Crippen LogP contribution in [0.15, 0.2) is 122 Å². The Labute approximate surface area is 478 Å². The summed E-state index contributed by atoms with van der Waals surface area (Å²) in [5, 5.41) is 31.5. The van der Waals surface area contributed by atoms with Crippen LogP contribution < -0.4 is 0 Å². The number of carbonyl (C=O) groups is 4. The molecule has 0 aromatic rings. The predicted octanol–water partition coefficient (Wildman–Crippen LogP) is 16.0. The second-order valence-electron chi connectivity index (χ2n) is 20.2. The summed E-state index contributed by atoms with van der Waals surface area (Å²) in [7, 11) is 0. The Bertz CT molecular complexity index is 1840. The van der Waals surface area contributed by atoms with Crippen molar-refractivity contribution in [2.75, 3.05) is 13.2 Å². The molecule has 0 spiro atoms. The Morgan fingerprint density at radius 3 is 1.24 bits per heavy atom. The lowest BCUT2D eigenvalue weighted by atomic mass is 9.98. The fourth-order valence-electron chi connectivity index (χ4n) is 8.38. The van der Waals surface area contributed by atoms with Gasteiger partial charge in [-0.1, -0.05) is 200 Å². The van der Waals surface area contributed by atoms with E-state index in [-0.39, 0.29) is 25.9 Å². The van der Waals surface area contributed by atoms with Gasteiger partial charge in [0.15, 0.2) is 24.6 Å². The van der Waals surface area contributed by atoms with Crippen molar-refractivity contribution in [3.63, 3.8) is 0 Å². The molecule has 0 aromatic heterocycles. The Hall–Kier alpha value is -4.88. The summed E-state index contributed by atoms with van der Waals surface area (Å²) in [6.45, 7) is 5.66. The molecule has 0 amide bonds. The monoisotopic (exact) mass is 1100 g/mol. The number of aliphatic hydroxyl groups excluding tert-OH is 2. The number of carbonyl (C=O) groups excluding carboxylic acids is 3. The number of aliphatic hydroxyl groups is 2. The molecule has 1 rings (SSSR count). The maximum Gasteiger partial charge on any atom is 0.335 e. The zero-order valence-corrected chi connectivity index (χ0v) is 49.1. The van der Waals surface area contributed by atoms with E-state index >= 15 is 0 Å². The minimum absolute atomic E-state index is 0.0402. The van der Waals surface area contributed by atoms with Crippen molar-refractivity contribution in [1.82, 2.24) is 0 Å². The van der Waals surface area contributed by atoms with Gasteiger partial charge in [-0.2, -0.15) is 0 Å². The quantitative estimate of drug-likeness (QED) is 0.0228. The summed E-state index contributed by atoms with van der Waals surface area (Å²) < 4.78 is 28.4. The van der Waals surface area contributed by atoms with Gasteiger partial charge in [0.2, 0.25) is 0 Å². The number of rotatable bonds is 50. The van der Waals surface area contributed by atoms with Crippen LogP contribution in [0.4, 0.5) is 0 Å². The predicted molar refractivity (Wildman–Crippen MR) is 321 cm³/mol. The smallest absolute Gasteiger partial charge is 0.335 e. The van der Waals surface area contributed by atoms with Gasteiger partial charge < -0.3 is 39.0 Å². The number of hydrogen-bond acceptors (Lipinski definition) is 11. The van der Waals surface area contributed by atoms with Crippen LogP contribution in [-0.2, 0) is 42.9 Å². The first kappa shape index (κ1) is 72.1. The van der Waals surface area contributed by atoms with Gasteiger partial charge >= 0.3 is 23.9 Å². The minimum atomic E-state index is -1.92. The second kappa shape index (κ2) is 53.7. The molecule has 1 aliphatic rings. The van der Waals surface area contributed by atoms with Crippen molar-refractivity contribution in [2.24, 2.45) is 0 Å². The van der Waals surface area contributed by atoms with E-state index in [1.165, 1.54) is 51.4 Å². The molecule has 0 saturated carbocycles. The number of hydrogen-bond donors (Lipinski definition) is 3. The van der Waals surface area contributed by atoms with Crippen LogP contribution in [0.2, 0.25) is 0 Å². The number of esters is 3. The normalized spacial score (nSPS) is 18.7. The molecule has 0 aliphatic carbocycles. The summed E-state index contributed by atoms with van der Waals surface area (Å²) in [5.74, 6) is -3.25. The van der Waals surface area contributed by atoms with Crippen molar-refractivity contribution in [1.29, 1.82) is 0 Å². The van der Waals surface area contributed by atoms with Crippen molar-refractivity contribution in [3.05, 3.63) is 122 Å². The summed E-state index contributed by atoms with van der Waals surface area (Å²) in [5.41, 5.74) is 0. The van der Waals surface area contributed by atoms with Gasteiger partial charge in [-0.25, -0.2) is 4.79 Å². The highest BCUT2D eigenvalue weighted by Crippen LogP contribution is 2.26. The number of aliphatic carboxylic acids is 1. The van der Waals surface area contributed by atoms with E-state index in [0.717, 1.165) is 116 Å². The number of unbranched alkanes of at least 4 members (excludes halogenated alkanes) is 16. The van der Waals surface area contributed by atoms with Gasteiger partial charge in [0.25, 0.3) is 0 Å². The van der Waals surface area contributed by atoms with E-state index < -0.39 is 67.3 Å². The molecule has 0 bridgehead atoms. The third-order valence-corrected chi connectivity index (χ3v) is 13.0. The lowest BCUT2D eigenvalue weighted by Crippen LogP contribution is -2.61. The lowest BCUT2D eigenvalue weighted by molar-refractivity contribution is -0.301. The van der Waals surface area contributed by atoms with E-state index in [2.05, 4.69) is 142 Å². The van der Waals surface area contributed by atoms with Gasteiger partial charge in [0.05, 0.1) is 6.61 Å². The molecule has 6 unspecified atom stereocenters. The van der Waals surface area contributed by atoms with Gasteiger partial charge in [-0.15, -0.1) is 0 Å². The molecule has 0 aromatic carbocycles. The molecule has 12 nitrogen and oxygen atoms in total. The van der Waals surface area contributed by atoms with Crippen molar-refractivity contribution >= 4 is 23.9 Å². The molecule has 1 fully saturated rings. The van der Waals surface area contributed by atoms with E-state index in [1.54, 1.807) is 0 Å². The third kappa shape index (κ3) is 43.6. The Morgan fingerprint density at radius 2 is 0.797 bits per heavy atom. The van der Waals surface area contributed by atoms with Crippen LogP contribution in [0.25, 0.3) is 0 Å². The Kier molecular flexibility index (Phi) is 49.1. The first-order valence-electron chi connectivity index (χ1n) is 30.5. The van der Waals surface area contributed by atoms with Crippen molar-refractivity contribution < 1.29 is 58.2 Å². The number of carboxylic acid groups (broad SMARTS) is 1. The average Bonchev–Trinajstić information content (AvgIpc) is 3.46. The van der Waals surface area contributed by atoms with Crippen LogP contribution in [0, 0.1) is 0 Å². The number of allylic oxidation sites excluding steroid dienone is 20. The van der Waals surface area contributed by atoms with E-state index in [4.69, 9.17) is 23.7 Å². The molecule has 446 valence electrons. The topological polar surface area (TPSA) is 175 Å². The van der Waals surface area contributed by atoms with Crippen LogP contribution in [-0.4, -0.2) is 89.2 Å². The second-order valence-corrected chi connectivity index (χ2v) is 20.2. The maximum absolute atomic E-state index is 13.1. The molecule has 3 N–H and O–H groups in total. The highest BCUT2D eigenvalue weighted by molar-refractivity contribution is 5.74. The summed E-state index contributed by atoms with van der Waals surface area (Å²) in [6.07, 6.45) is 61.7. The maximum atomic E-state index is 13.1. The number of carboxylic acids is 1. The zero-order valence-electron chi connectivity index (χ0n) is 49.1. The Balaban J connectivity index is 2.73. The van der Waals surface area contributed by atoms with Crippen LogP contribution in [0.5, 0.6) is 0 Å². The van der Waals surface area contributed by atoms with Crippen LogP contribution >= 0.6 is 0 Å². The van der Waals surface area contributed by atoms with Gasteiger partial charge in [-0.3, -0.25) is 14.4 Å². The zero-order chi connectivity index (χ0) is 57.5. The first-order valence-corrected chi connectivity index (χ1v) is 30.5. The lowest BCUT2D eigenvalue weighted by Gasteiger charge is -2.40. The molecule has 1 saturated heterocycles. The van der Waals surface area contributed by atoms with Gasteiger partial charge in [0, 0.05) is 19.3 Å². The molecule has 12 heteroatoms. The molecule has 6 atom stereocenters. The van der Waals surface area contributed by atoms with E-state index in [0.29, 0.717) is 19.3 Å². The molecular weight excluding hydrogens is 997 g/mol. The van der Waals surface area contributed by atoms with Crippen molar-refractivity contribution in [2.45, 2.75) is 263 Å². The average molecular weight is 1100 g/mol. The van der Waals surface area contributed by atoms with E-state index in [1.807, 2.05) is 0 Å².